The summed E-state index contributed by atoms with van der Waals surface area (Å²) in [6, 6.07) is 0.189. The molecular formula is C11H24N2O2. The molecule has 0 spiro atoms. The molecule has 1 atom stereocenters. The van der Waals surface area contributed by atoms with Crippen LogP contribution in [0.3, 0.4) is 0 Å². The van der Waals surface area contributed by atoms with Crippen molar-refractivity contribution in [2.75, 3.05) is 33.3 Å². The molecule has 0 aromatic rings. The average Bonchev–Trinajstić information content (AvgIpc) is 2.17. The molecule has 0 aliphatic rings. The van der Waals surface area contributed by atoms with Gasteiger partial charge < -0.3 is 15.0 Å². The Bertz CT molecular complexity index is 174. The number of nitrogens with one attached hydrogen (secondary N) is 1. The molecular weight excluding hydrogens is 192 g/mol. The number of carbonyl (C=O) groups excluding carboxylic acids is 1. The second-order valence-electron chi connectivity index (χ2n) is 3.76. The van der Waals surface area contributed by atoms with Crippen LogP contribution in [0.1, 0.15) is 27.2 Å². The van der Waals surface area contributed by atoms with E-state index >= 15 is 0 Å². The molecule has 0 amide bonds. The van der Waals surface area contributed by atoms with Gasteiger partial charge in [0.05, 0.1) is 13.0 Å². The zero-order chi connectivity index (χ0) is 11.7. The predicted octanol–water partition coefficient (Wildman–Crippen LogP) is 0.869. The smallest absolute Gasteiger partial charge is 0.307 e. The first kappa shape index (κ1) is 14.4. The molecule has 0 saturated carbocycles. The summed E-state index contributed by atoms with van der Waals surface area (Å²) in [5, 5.41) is 3.29. The van der Waals surface area contributed by atoms with Gasteiger partial charge in [-0.1, -0.05) is 6.92 Å². The maximum Gasteiger partial charge on any atom is 0.307 e. The van der Waals surface area contributed by atoms with E-state index in [4.69, 9.17) is 4.74 Å². The highest BCUT2D eigenvalue weighted by Gasteiger charge is 2.08. The molecule has 90 valence electrons. The van der Waals surface area contributed by atoms with Crippen LogP contribution in [-0.4, -0.2) is 50.2 Å². The first-order chi connectivity index (χ1) is 7.10. The zero-order valence-electron chi connectivity index (χ0n) is 10.4. The fourth-order valence-corrected chi connectivity index (χ4v) is 1.20. The maximum absolute atomic E-state index is 11.1. The van der Waals surface area contributed by atoms with Crippen LogP contribution in [0.2, 0.25) is 0 Å². The molecule has 4 heteroatoms. The Morgan fingerprint density at radius 2 is 2.13 bits per heavy atom. The summed E-state index contributed by atoms with van der Waals surface area (Å²) in [6.07, 6.45) is 0.448. The van der Waals surface area contributed by atoms with Crippen molar-refractivity contribution in [2.24, 2.45) is 0 Å². The van der Waals surface area contributed by atoms with Crippen molar-refractivity contribution in [1.29, 1.82) is 0 Å². The Morgan fingerprint density at radius 1 is 1.47 bits per heavy atom. The number of hydrogen-bond acceptors (Lipinski definition) is 4. The Morgan fingerprint density at radius 3 is 2.67 bits per heavy atom. The molecule has 1 N–H and O–H groups in total. The molecule has 0 fully saturated rings. The van der Waals surface area contributed by atoms with E-state index in [1.807, 2.05) is 13.8 Å². The van der Waals surface area contributed by atoms with Gasteiger partial charge in [-0.05, 0) is 27.4 Å². The van der Waals surface area contributed by atoms with Crippen LogP contribution in [0.15, 0.2) is 0 Å². The second-order valence-corrected chi connectivity index (χ2v) is 3.76. The van der Waals surface area contributed by atoms with Gasteiger partial charge in [0, 0.05) is 19.1 Å². The first-order valence-corrected chi connectivity index (χ1v) is 5.67. The molecule has 0 saturated heterocycles. The summed E-state index contributed by atoms with van der Waals surface area (Å²) in [5.41, 5.74) is 0. The monoisotopic (exact) mass is 216 g/mol. The summed E-state index contributed by atoms with van der Waals surface area (Å²) in [7, 11) is 2.08. The van der Waals surface area contributed by atoms with Gasteiger partial charge in [0.25, 0.3) is 0 Å². The largest absolute Gasteiger partial charge is 0.466 e. The Kier molecular flexibility index (Phi) is 8.33. The Hall–Kier alpha value is -0.610. The maximum atomic E-state index is 11.1. The third-order valence-electron chi connectivity index (χ3n) is 2.30. The lowest BCUT2D eigenvalue weighted by Gasteiger charge is -2.17. The van der Waals surface area contributed by atoms with E-state index in [2.05, 4.69) is 24.2 Å². The zero-order valence-corrected chi connectivity index (χ0v) is 10.4. The number of nitrogens with zero attached hydrogens (tertiary/aromatic N) is 1. The van der Waals surface area contributed by atoms with E-state index in [1.165, 1.54) is 0 Å². The number of ether oxygens (including phenoxy) is 1. The molecule has 0 rings (SSSR count). The van der Waals surface area contributed by atoms with Gasteiger partial charge in [0.2, 0.25) is 0 Å². The van der Waals surface area contributed by atoms with Crippen molar-refractivity contribution in [3.63, 3.8) is 0 Å². The highest BCUT2D eigenvalue weighted by Crippen LogP contribution is 1.93. The molecule has 0 heterocycles. The fourth-order valence-electron chi connectivity index (χ4n) is 1.20. The van der Waals surface area contributed by atoms with Crippen LogP contribution in [0.4, 0.5) is 0 Å². The van der Waals surface area contributed by atoms with E-state index in [9.17, 15) is 4.79 Å². The SMILES string of the molecule is CCOC(=O)CC(C)NCCN(C)CC. The van der Waals surface area contributed by atoms with Gasteiger partial charge in [-0.3, -0.25) is 4.79 Å². The topological polar surface area (TPSA) is 41.6 Å². The number of likely N-dealkylation sites (N-methyl/N-ethyl adjacent to an activating group) is 1. The fraction of sp³-hybridized carbons (Fsp3) is 0.909. The average molecular weight is 216 g/mol. The van der Waals surface area contributed by atoms with Crippen molar-refractivity contribution in [3.8, 4) is 0 Å². The van der Waals surface area contributed by atoms with Gasteiger partial charge in [0.15, 0.2) is 0 Å². The molecule has 1 unspecified atom stereocenters. The minimum absolute atomic E-state index is 0.124. The van der Waals surface area contributed by atoms with E-state index < -0.39 is 0 Å². The van der Waals surface area contributed by atoms with Crippen molar-refractivity contribution < 1.29 is 9.53 Å². The van der Waals surface area contributed by atoms with Crippen molar-refractivity contribution in [1.82, 2.24) is 10.2 Å². The number of carbonyl (C=O) groups is 1. The minimum atomic E-state index is -0.124. The third kappa shape index (κ3) is 8.39. The van der Waals surface area contributed by atoms with Crippen molar-refractivity contribution in [3.05, 3.63) is 0 Å². The molecule has 0 aliphatic heterocycles. The summed E-state index contributed by atoms with van der Waals surface area (Å²) in [5.74, 6) is -0.124. The quantitative estimate of drug-likeness (QED) is 0.611. The van der Waals surface area contributed by atoms with Gasteiger partial charge in [-0.2, -0.15) is 0 Å². The van der Waals surface area contributed by atoms with Crippen LogP contribution in [0, 0.1) is 0 Å². The summed E-state index contributed by atoms with van der Waals surface area (Å²) in [4.78, 5) is 13.4. The standard InChI is InChI=1S/C11H24N2O2/c1-5-13(4)8-7-12-10(3)9-11(14)15-6-2/h10,12H,5-9H2,1-4H3. The van der Waals surface area contributed by atoms with Crippen LogP contribution >= 0.6 is 0 Å². The summed E-state index contributed by atoms with van der Waals surface area (Å²) < 4.78 is 4.87. The highest BCUT2D eigenvalue weighted by molar-refractivity contribution is 5.69. The minimum Gasteiger partial charge on any atom is -0.466 e. The molecule has 0 aromatic heterocycles. The lowest BCUT2D eigenvalue weighted by atomic mass is 10.2. The van der Waals surface area contributed by atoms with Crippen molar-refractivity contribution >= 4 is 5.97 Å². The van der Waals surface area contributed by atoms with Crippen LogP contribution in [-0.2, 0) is 9.53 Å². The Balaban J connectivity index is 3.48. The summed E-state index contributed by atoms with van der Waals surface area (Å²) in [6.45, 7) is 9.38. The predicted molar refractivity (Wildman–Crippen MR) is 61.9 cm³/mol. The lowest BCUT2D eigenvalue weighted by Crippen LogP contribution is -2.35. The van der Waals surface area contributed by atoms with Gasteiger partial charge in [-0.15, -0.1) is 0 Å². The second kappa shape index (κ2) is 8.68. The van der Waals surface area contributed by atoms with Gasteiger partial charge in [-0.25, -0.2) is 0 Å². The number of esters is 1. The molecule has 0 radical (unpaired) electrons. The molecule has 0 aliphatic carbocycles. The summed E-state index contributed by atoms with van der Waals surface area (Å²) >= 11 is 0. The van der Waals surface area contributed by atoms with Gasteiger partial charge >= 0.3 is 5.97 Å². The molecule has 15 heavy (non-hydrogen) atoms. The lowest BCUT2D eigenvalue weighted by molar-refractivity contribution is -0.143. The van der Waals surface area contributed by atoms with E-state index in [-0.39, 0.29) is 12.0 Å². The highest BCUT2D eigenvalue weighted by atomic mass is 16.5. The van der Waals surface area contributed by atoms with E-state index in [1.54, 1.807) is 0 Å². The van der Waals surface area contributed by atoms with E-state index in [0.29, 0.717) is 13.0 Å². The van der Waals surface area contributed by atoms with Crippen LogP contribution < -0.4 is 5.32 Å². The number of hydrogen-bond donors (Lipinski definition) is 1. The normalized spacial score (nSPS) is 12.9. The third-order valence-corrected chi connectivity index (χ3v) is 2.30. The van der Waals surface area contributed by atoms with E-state index in [0.717, 1.165) is 19.6 Å². The van der Waals surface area contributed by atoms with Crippen LogP contribution in [0.25, 0.3) is 0 Å². The first-order valence-electron chi connectivity index (χ1n) is 5.67. The van der Waals surface area contributed by atoms with Crippen LogP contribution in [0.5, 0.6) is 0 Å². The Labute approximate surface area is 93.0 Å². The molecule has 0 bridgehead atoms. The van der Waals surface area contributed by atoms with Crippen molar-refractivity contribution in [2.45, 2.75) is 33.2 Å². The van der Waals surface area contributed by atoms with Gasteiger partial charge in [0.1, 0.15) is 0 Å². The number of rotatable bonds is 8. The molecule has 0 aromatic carbocycles. The molecule has 4 nitrogen and oxygen atoms in total.